The van der Waals surface area contributed by atoms with Crippen LogP contribution in [0.5, 0.6) is 0 Å². The third-order valence-corrected chi connectivity index (χ3v) is 0.800. The third-order valence-electron chi connectivity index (χ3n) is 0.800. The number of benzene rings is 1. The van der Waals surface area contributed by atoms with E-state index in [1.807, 2.05) is 30.3 Å². The molecule has 0 saturated heterocycles. The van der Waals surface area contributed by atoms with Gasteiger partial charge in [0.2, 0.25) is 0 Å². The molecule has 0 unspecified atom stereocenters. The van der Waals surface area contributed by atoms with E-state index in [-0.39, 0.29) is 10.1 Å². The van der Waals surface area contributed by atoms with Gasteiger partial charge >= 0.3 is 49.6 Å². The number of anilines is 1. The monoisotopic (exact) mass is 411 g/mol. The standard InChI is InChI=1S/C6H7N.2HI.Zn/c7-6-4-2-1-3-5-6;;;/h1-5H,7H2;2*1H;/q;;;+2/p-2. The molecule has 0 aliphatic heterocycles. The Morgan fingerprint density at radius 2 is 1.50 bits per heavy atom. The van der Waals surface area contributed by atoms with E-state index >= 15 is 0 Å². The van der Waals surface area contributed by atoms with Crippen molar-refractivity contribution in [3.05, 3.63) is 30.3 Å². The molecular weight excluding hydrogens is 405 g/mol. The Bertz CT molecular complexity index is 157. The Morgan fingerprint density at radius 3 is 1.70 bits per heavy atom. The van der Waals surface area contributed by atoms with Crippen molar-refractivity contribution in [3.8, 4) is 0 Å². The van der Waals surface area contributed by atoms with Gasteiger partial charge in [0.25, 0.3) is 0 Å². The zero-order valence-corrected chi connectivity index (χ0v) is 12.7. The molecule has 0 aliphatic carbocycles. The Morgan fingerprint density at radius 1 is 1.10 bits per heavy atom. The summed E-state index contributed by atoms with van der Waals surface area (Å²) in [5.41, 5.74) is 6.18. The minimum atomic E-state index is 0.0650. The van der Waals surface area contributed by atoms with Crippen molar-refractivity contribution in [3.63, 3.8) is 0 Å². The van der Waals surface area contributed by atoms with Crippen LogP contribution in [0.15, 0.2) is 30.3 Å². The number of nitrogens with two attached hydrogens (primary N) is 1. The summed E-state index contributed by atoms with van der Waals surface area (Å²) in [4.78, 5) is 0. The van der Waals surface area contributed by atoms with Gasteiger partial charge < -0.3 is 5.73 Å². The van der Waals surface area contributed by atoms with Gasteiger partial charge in [0, 0.05) is 5.69 Å². The summed E-state index contributed by atoms with van der Waals surface area (Å²) in [5, 5.41) is 0. The normalized spacial score (nSPS) is 7.00. The van der Waals surface area contributed by atoms with E-state index in [0.717, 1.165) is 5.69 Å². The molecule has 4 heteroatoms. The van der Waals surface area contributed by atoms with Gasteiger partial charge in [0.05, 0.1) is 0 Å². The second kappa shape index (κ2) is 8.20. The van der Waals surface area contributed by atoms with Crippen molar-refractivity contribution >= 4 is 45.2 Å². The molecule has 2 N–H and O–H groups in total. The van der Waals surface area contributed by atoms with Crippen molar-refractivity contribution < 1.29 is 10.1 Å². The van der Waals surface area contributed by atoms with Gasteiger partial charge in [-0.25, -0.2) is 0 Å². The molecular formula is C6H7I2NZn. The van der Waals surface area contributed by atoms with Gasteiger partial charge in [-0.05, 0) is 12.1 Å². The van der Waals surface area contributed by atoms with E-state index < -0.39 is 0 Å². The zero-order chi connectivity index (χ0) is 7.82. The topological polar surface area (TPSA) is 26.0 Å². The average Bonchev–Trinajstić information content (AvgIpc) is 1.91. The van der Waals surface area contributed by atoms with Gasteiger partial charge in [0.1, 0.15) is 0 Å². The molecule has 1 nitrogen and oxygen atoms in total. The van der Waals surface area contributed by atoms with Crippen LogP contribution in [-0.2, 0) is 10.1 Å². The summed E-state index contributed by atoms with van der Waals surface area (Å²) >= 11 is 4.93. The van der Waals surface area contributed by atoms with Crippen molar-refractivity contribution in [2.75, 3.05) is 5.73 Å². The van der Waals surface area contributed by atoms with Crippen LogP contribution in [0.3, 0.4) is 0 Å². The van der Waals surface area contributed by atoms with Crippen molar-refractivity contribution in [2.45, 2.75) is 0 Å². The SMILES string of the molecule is Nc1ccccc1.[I][Zn][I]. The molecule has 0 saturated carbocycles. The van der Waals surface area contributed by atoms with E-state index in [9.17, 15) is 0 Å². The van der Waals surface area contributed by atoms with E-state index in [1.165, 1.54) is 0 Å². The van der Waals surface area contributed by atoms with Crippen LogP contribution in [0.4, 0.5) is 5.69 Å². The predicted molar refractivity (Wildman–Crippen MR) is 58.9 cm³/mol. The molecule has 0 heterocycles. The average molecular weight is 412 g/mol. The summed E-state index contributed by atoms with van der Waals surface area (Å²) in [5.74, 6) is 0. The fourth-order valence-electron chi connectivity index (χ4n) is 0.453. The quantitative estimate of drug-likeness (QED) is 0.396. The van der Waals surface area contributed by atoms with E-state index in [2.05, 4.69) is 39.5 Å². The van der Waals surface area contributed by atoms with Crippen LogP contribution in [0.1, 0.15) is 0 Å². The van der Waals surface area contributed by atoms with Gasteiger partial charge in [-0.15, -0.1) is 0 Å². The first-order valence-electron chi connectivity index (χ1n) is 2.73. The Hall–Kier alpha value is 1.10. The molecule has 0 spiro atoms. The second-order valence-corrected chi connectivity index (χ2v) is 25.0. The molecule has 0 fully saturated rings. The summed E-state index contributed by atoms with van der Waals surface area (Å²) in [6, 6.07) is 9.49. The van der Waals surface area contributed by atoms with Gasteiger partial charge in [0.15, 0.2) is 0 Å². The number of nitrogen functional groups attached to an aromatic ring is 1. The summed E-state index contributed by atoms with van der Waals surface area (Å²) < 4.78 is 0. The van der Waals surface area contributed by atoms with Crippen LogP contribution < -0.4 is 5.73 Å². The number of hydrogen-bond donors (Lipinski definition) is 1. The Balaban J connectivity index is 0.000000236. The molecule has 10 heavy (non-hydrogen) atoms. The molecule has 0 bridgehead atoms. The van der Waals surface area contributed by atoms with Crippen LogP contribution >= 0.6 is 39.5 Å². The summed E-state index contributed by atoms with van der Waals surface area (Å²) in [7, 11) is 0.0650. The van der Waals surface area contributed by atoms with Crippen LogP contribution in [0, 0.1) is 0 Å². The molecule has 1 aromatic rings. The minimum absolute atomic E-state index is 0.0650. The molecule has 0 amide bonds. The Labute approximate surface area is 90.1 Å². The van der Waals surface area contributed by atoms with Crippen LogP contribution in [0.25, 0.3) is 0 Å². The van der Waals surface area contributed by atoms with Crippen LogP contribution in [-0.4, -0.2) is 0 Å². The predicted octanol–water partition coefficient (Wildman–Crippen LogP) is 3.04. The van der Waals surface area contributed by atoms with Crippen molar-refractivity contribution in [1.82, 2.24) is 0 Å². The zero-order valence-electron chi connectivity index (χ0n) is 5.43. The first kappa shape index (κ1) is 11.1. The number of halogens is 2. The fraction of sp³-hybridized carbons (Fsp3) is 0. The number of rotatable bonds is 0. The molecule has 0 aliphatic rings. The Kier molecular flexibility index (Phi) is 9.11. The summed E-state index contributed by atoms with van der Waals surface area (Å²) in [6.07, 6.45) is 0. The molecule has 1 aromatic carbocycles. The summed E-state index contributed by atoms with van der Waals surface area (Å²) in [6.45, 7) is 0. The molecule has 1 rings (SSSR count). The molecule has 52 valence electrons. The van der Waals surface area contributed by atoms with Gasteiger partial charge in [-0.3, -0.25) is 0 Å². The fourth-order valence-corrected chi connectivity index (χ4v) is 0.453. The number of hydrogen-bond acceptors (Lipinski definition) is 1. The third kappa shape index (κ3) is 7.21. The van der Waals surface area contributed by atoms with Crippen molar-refractivity contribution in [1.29, 1.82) is 0 Å². The second-order valence-electron chi connectivity index (χ2n) is 1.51. The van der Waals surface area contributed by atoms with Crippen LogP contribution in [0.2, 0.25) is 0 Å². The molecule has 0 aromatic heterocycles. The van der Waals surface area contributed by atoms with E-state index in [1.54, 1.807) is 0 Å². The first-order valence-corrected chi connectivity index (χ1v) is 20.8. The van der Waals surface area contributed by atoms with Crippen molar-refractivity contribution in [2.24, 2.45) is 0 Å². The van der Waals surface area contributed by atoms with Gasteiger partial charge in [-0.2, -0.15) is 0 Å². The molecule has 0 radical (unpaired) electrons. The maximum atomic E-state index is 5.36. The number of para-hydroxylation sites is 1. The van der Waals surface area contributed by atoms with Gasteiger partial charge in [-0.1, -0.05) is 18.2 Å². The maximum absolute atomic E-state index is 5.36. The molecule has 0 atom stereocenters. The first-order chi connectivity index (χ1) is 4.81. The van der Waals surface area contributed by atoms with E-state index in [0.29, 0.717) is 0 Å². The van der Waals surface area contributed by atoms with E-state index in [4.69, 9.17) is 5.73 Å².